The van der Waals surface area contributed by atoms with Gasteiger partial charge in [-0.05, 0) is 38.8 Å². The van der Waals surface area contributed by atoms with E-state index in [-0.39, 0.29) is 0 Å². The van der Waals surface area contributed by atoms with Crippen LogP contribution in [0.3, 0.4) is 0 Å². The van der Waals surface area contributed by atoms with E-state index in [9.17, 15) is 8.42 Å². The summed E-state index contributed by atoms with van der Waals surface area (Å²) in [6.07, 6.45) is 1.52. The van der Waals surface area contributed by atoms with Gasteiger partial charge in [0.25, 0.3) is 0 Å². The van der Waals surface area contributed by atoms with E-state index in [1.807, 2.05) is 19.1 Å². The van der Waals surface area contributed by atoms with Crippen LogP contribution in [0.2, 0.25) is 0 Å². The molecule has 0 aliphatic heterocycles. The second kappa shape index (κ2) is 3.23. The molecule has 0 amide bonds. The van der Waals surface area contributed by atoms with Gasteiger partial charge in [-0.3, -0.25) is 4.72 Å². The third-order valence-electron chi connectivity index (χ3n) is 2.91. The van der Waals surface area contributed by atoms with Gasteiger partial charge in [0.1, 0.15) is 0 Å². The number of nitrogens with one attached hydrogen (secondary N) is 1. The zero-order chi connectivity index (χ0) is 11.1. The highest BCUT2D eigenvalue weighted by Gasteiger charge is 2.50. The second-order valence-electron chi connectivity index (χ2n) is 4.42. The monoisotopic (exact) mass is 225 g/mol. The van der Waals surface area contributed by atoms with Crippen molar-refractivity contribution in [1.82, 2.24) is 0 Å². The molecule has 0 spiro atoms. The van der Waals surface area contributed by atoms with Crippen molar-refractivity contribution in [1.29, 1.82) is 0 Å². The summed E-state index contributed by atoms with van der Waals surface area (Å²) in [4.78, 5) is 0. The van der Waals surface area contributed by atoms with Crippen molar-refractivity contribution in [3.05, 3.63) is 29.8 Å². The molecule has 0 unspecified atom stereocenters. The lowest BCUT2D eigenvalue weighted by Crippen LogP contribution is -2.26. The van der Waals surface area contributed by atoms with E-state index in [0.29, 0.717) is 5.69 Å². The Bertz CT molecular complexity index is 458. The SMILES string of the molecule is Cc1ccc(NS(=O)(=O)C2(C)CC2)cc1. The average molecular weight is 225 g/mol. The number of benzene rings is 1. The van der Waals surface area contributed by atoms with Gasteiger partial charge < -0.3 is 0 Å². The predicted molar refractivity (Wildman–Crippen MR) is 61.4 cm³/mol. The van der Waals surface area contributed by atoms with E-state index >= 15 is 0 Å². The topological polar surface area (TPSA) is 46.2 Å². The van der Waals surface area contributed by atoms with Crippen LogP contribution < -0.4 is 4.72 Å². The number of rotatable bonds is 3. The minimum absolute atomic E-state index is 0.544. The summed E-state index contributed by atoms with van der Waals surface area (Å²) in [5.74, 6) is 0. The maximum Gasteiger partial charge on any atom is 0.238 e. The van der Waals surface area contributed by atoms with Crippen molar-refractivity contribution in [2.24, 2.45) is 0 Å². The normalized spacial score (nSPS) is 18.5. The summed E-state index contributed by atoms with van der Waals surface area (Å²) in [7, 11) is -3.20. The first-order valence-electron chi connectivity index (χ1n) is 5.02. The van der Waals surface area contributed by atoms with Gasteiger partial charge in [-0.1, -0.05) is 17.7 Å². The summed E-state index contributed by atoms with van der Waals surface area (Å²) in [6.45, 7) is 3.75. The number of hydrogen-bond acceptors (Lipinski definition) is 2. The van der Waals surface area contributed by atoms with Crippen LogP contribution >= 0.6 is 0 Å². The van der Waals surface area contributed by atoms with Crippen molar-refractivity contribution in [2.75, 3.05) is 4.72 Å². The Balaban J connectivity index is 2.19. The summed E-state index contributed by atoms with van der Waals surface area (Å²) in [5.41, 5.74) is 1.77. The van der Waals surface area contributed by atoms with Crippen molar-refractivity contribution in [2.45, 2.75) is 31.4 Å². The molecule has 82 valence electrons. The Hall–Kier alpha value is -1.03. The standard InChI is InChI=1S/C11H15NO2S/c1-9-3-5-10(6-4-9)12-15(13,14)11(2)7-8-11/h3-6,12H,7-8H2,1-2H3. The predicted octanol–water partition coefficient (Wildman–Crippen LogP) is 2.29. The van der Waals surface area contributed by atoms with Gasteiger partial charge in [-0.25, -0.2) is 8.42 Å². The lowest BCUT2D eigenvalue weighted by Gasteiger charge is -2.12. The van der Waals surface area contributed by atoms with Crippen LogP contribution in [0.1, 0.15) is 25.3 Å². The highest BCUT2D eigenvalue weighted by Crippen LogP contribution is 2.43. The Morgan fingerprint density at radius 1 is 1.20 bits per heavy atom. The first-order chi connectivity index (χ1) is 6.93. The molecule has 3 nitrogen and oxygen atoms in total. The van der Waals surface area contributed by atoms with Crippen molar-refractivity contribution < 1.29 is 8.42 Å². The molecule has 2 rings (SSSR count). The first-order valence-corrected chi connectivity index (χ1v) is 6.50. The zero-order valence-electron chi connectivity index (χ0n) is 8.95. The van der Waals surface area contributed by atoms with Crippen LogP contribution in [0.15, 0.2) is 24.3 Å². The third kappa shape index (κ3) is 2.00. The van der Waals surface area contributed by atoms with Crippen molar-refractivity contribution in [3.8, 4) is 0 Å². The van der Waals surface area contributed by atoms with Crippen LogP contribution in [0.25, 0.3) is 0 Å². The fraction of sp³-hybridized carbons (Fsp3) is 0.455. The Morgan fingerprint density at radius 3 is 2.20 bits per heavy atom. The van der Waals surface area contributed by atoms with Crippen molar-refractivity contribution >= 4 is 15.7 Å². The Kier molecular flexibility index (Phi) is 2.26. The van der Waals surface area contributed by atoms with Crippen LogP contribution in [0, 0.1) is 6.92 Å². The molecule has 0 radical (unpaired) electrons. The second-order valence-corrected chi connectivity index (χ2v) is 6.62. The smallest absolute Gasteiger partial charge is 0.238 e. The van der Waals surface area contributed by atoms with Crippen LogP contribution in [-0.4, -0.2) is 13.2 Å². The van der Waals surface area contributed by atoms with Gasteiger partial charge in [-0.2, -0.15) is 0 Å². The largest absolute Gasteiger partial charge is 0.283 e. The van der Waals surface area contributed by atoms with E-state index in [0.717, 1.165) is 18.4 Å². The van der Waals surface area contributed by atoms with E-state index in [2.05, 4.69) is 4.72 Å². The molecule has 0 saturated heterocycles. The lowest BCUT2D eigenvalue weighted by molar-refractivity contribution is 0.587. The molecule has 15 heavy (non-hydrogen) atoms. The minimum atomic E-state index is -3.20. The number of hydrogen-bond donors (Lipinski definition) is 1. The molecule has 1 aliphatic rings. The number of anilines is 1. The molecule has 1 aliphatic carbocycles. The first kappa shape index (κ1) is 10.5. The van der Waals surface area contributed by atoms with Crippen molar-refractivity contribution in [3.63, 3.8) is 0 Å². The summed E-state index contributed by atoms with van der Waals surface area (Å²) in [6, 6.07) is 7.37. The van der Waals surface area contributed by atoms with Gasteiger partial charge in [0, 0.05) is 5.69 Å². The molecule has 0 atom stereocenters. The highest BCUT2D eigenvalue weighted by atomic mass is 32.2. The minimum Gasteiger partial charge on any atom is -0.283 e. The lowest BCUT2D eigenvalue weighted by atomic mass is 10.2. The zero-order valence-corrected chi connectivity index (χ0v) is 9.76. The Morgan fingerprint density at radius 2 is 1.73 bits per heavy atom. The van der Waals surface area contributed by atoms with Gasteiger partial charge in [0.15, 0.2) is 0 Å². The molecule has 1 fully saturated rings. The van der Waals surface area contributed by atoms with Gasteiger partial charge in [0.05, 0.1) is 4.75 Å². The molecule has 4 heteroatoms. The summed E-state index contributed by atoms with van der Waals surface area (Å²) < 4.78 is 25.8. The van der Waals surface area contributed by atoms with E-state index < -0.39 is 14.8 Å². The maximum absolute atomic E-state index is 11.9. The molecular weight excluding hydrogens is 210 g/mol. The Labute approximate surface area is 90.6 Å². The van der Waals surface area contributed by atoms with E-state index in [4.69, 9.17) is 0 Å². The van der Waals surface area contributed by atoms with Gasteiger partial charge in [-0.15, -0.1) is 0 Å². The third-order valence-corrected chi connectivity index (χ3v) is 5.12. The molecule has 0 bridgehead atoms. The molecule has 1 N–H and O–H groups in total. The van der Waals surface area contributed by atoms with E-state index in [1.165, 1.54) is 0 Å². The average Bonchev–Trinajstić information content (AvgIpc) is 2.89. The summed E-state index contributed by atoms with van der Waals surface area (Å²) in [5, 5.41) is 0. The fourth-order valence-corrected chi connectivity index (χ4v) is 2.68. The number of aryl methyl sites for hydroxylation is 1. The molecule has 1 aromatic carbocycles. The van der Waals surface area contributed by atoms with Crippen LogP contribution in [-0.2, 0) is 10.0 Å². The molecular formula is C11H15NO2S. The molecule has 1 saturated carbocycles. The van der Waals surface area contributed by atoms with Crippen LogP contribution in [0.4, 0.5) is 5.69 Å². The van der Waals surface area contributed by atoms with Gasteiger partial charge >= 0.3 is 0 Å². The summed E-state index contributed by atoms with van der Waals surface area (Å²) >= 11 is 0. The quantitative estimate of drug-likeness (QED) is 0.858. The van der Waals surface area contributed by atoms with E-state index in [1.54, 1.807) is 19.1 Å². The van der Waals surface area contributed by atoms with Crippen LogP contribution in [0.5, 0.6) is 0 Å². The highest BCUT2D eigenvalue weighted by molar-refractivity contribution is 7.94. The number of sulfonamides is 1. The fourth-order valence-electron chi connectivity index (χ4n) is 1.34. The molecule has 0 aromatic heterocycles. The molecule has 0 heterocycles. The molecule has 1 aromatic rings. The maximum atomic E-state index is 11.9. The van der Waals surface area contributed by atoms with Gasteiger partial charge in [0.2, 0.25) is 10.0 Å².